The monoisotopic (exact) mass is 231 g/mol. The van der Waals surface area contributed by atoms with E-state index in [0.29, 0.717) is 10.4 Å². The van der Waals surface area contributed by atoms with E-state index >= 15 is 0 Å². The standard InChI is InChI=1S/C12H13N3S/c1-8(13)11-9(2)14-15(12(11)16)10-6-4-3-5-7-10/h3-7,13-14H,1-2H3. The summed E-state index contributed by atoms with van der Waals surface area (Å²) in [6, 6.07) is 9.85. The maximum atomic E-state index is 7.69. The smallest absolute Gasteiger partial charge is 0.136 e. The Morgan fingerprint density at radius 1 is 1.31 bits per heavy atom. The van der Waals surface area contributed by atoms with Crippen LogP contribution in [0.15, 0.2) is 30.3 Å². The highest BCUT2D eigenvalue weighted by molar-refractivity contribution is 7.71. The van der Waals surface area contributed by atoms with Crippen molar-refractivity contribution in [3.63, 3.8) is 0 Å². The Balaban J connectivity index is 2.66. The fourth-order valence-electron chi connectivity index (χ4n) is 1.75. The second kappa shape index (κ2) is 4.06. The van der Waals surface area contributed by atoms with Gasteiger partial charge in [-0.25, -0.2) is 4.68 Å². The van der Waals surface area contributed by atoms with E-state index in [4.69, 9.17) is 17.6 Å². The summed E-state index contributed by atoms with van der Waals surface area (Å²) in [6.07, 6.45) is 0. The van der Waals surface area contributed by atoms with Crippen molar-refractivity contribution < 1.29 is 0 Å². The summed E-state index contributed by atoms with van der Waals surface area (Å²) >= 11 is 5.36. The number of para-hydroxylation sites is 1. The molecule has 0 fully saturated rings. The van der Waals surface area contributed by atoms with E-state index < -0.39 is 0 Å². The van der Waals surface area contributed by atoms with Gasteiger partial charge in [-0.3, -0.25) is 5.10 Å². The third-order valence-electron chi connectivity index (χ3n) is 2.46. The third-order valence-corrected chi connectivity index (χ3v) is 2.85. The largest absolute Gasteiger partial charge is 0.305 e. The zero-order chi connectivity index (χ0) is 11.7. The highest BCUT2D eigenvalue weighted by Gasteiger charge is 2.10. The van der Waals surface area contributed by atoms with E-state index in [1.807, 2.05) is 41.9 Å². The number of hydrogen-bond acceptors (Lipinski definition) is 2. The highest BCUT2D eigenvalue weighted by Crippen LogP contribution is 2.14. The van der Waals surface area contributed by atoms with E-state index in [0.717, 1.165) is 16.9 Å². The van der Waals surface area contributed by atoms with Crippen LogP contribution >= 0.6 is 12.2 Å². The lowest BCUT2D eigenvalue weighted by Gasteiger charge is -2.01. The molecule has 82 valence electrons. The van der Waals surface area contributed by atoms with Crippen molar-refractivity contribution in [2.24, 2.45) is 0 Å². The molecule has 2 N–H and O–H groups in total. The molecule has 3 nitrogen and oxygen atoms in total. The minimum absolute atomic E-state index is 0.494. The first kappa shape index (κ1) is 10.8. The molecule has 0 aliphatic rings. The molecule has 0 bridgehead atoms. The maximum Gasteiger partial charge on any atom is 0.136 e. The summed E-state index contributed by atoms with van der Waals surface area (Å²) in [5.74, 6) is 0. The van der Waals surface area contributed by atoms with Gasteiger partial charge in [0.25, 0.3) is 0 Å². The van der Waals surface area contributed by atoms with Crippen LogP contribution in [-0.4, -0.2) is 15.5 Å². The molecular formula is C12H13N3S. The van der Waals surface area contributed by atoms with Gasteiger partial charge in [0.05, 0.1) is 11.3 Å². The van der Waals surface area contributed by atoms with Crippen molar-refractivity contribution in [1.29, 1.82) is 5.41 Å². The summed E-state index contributed by atoms with van der Waals surface area (Å²) < 4.78 is 2.49. The van der Waals surface area contributed by atoms with Gasteiger partial charge in [-0.1, -0.05) is 30.4 Å². The van der Waals surface area contributed by atoms with E-state index in [9.17, 15) is 0 Å². The first-order chi connectivity index (χ1) is 7.61. The fraction of sp³-hybridized carbons (Fsp3) is 0.167. The molecule has 0 aliphatic heterocycles. The van der Waals surface area contributed by atoms with E-state index in [2.05, 4.69) is 5.10 Å². The second-order valence-corrected chi connectivity index (χ2v) is 4.10. The lowest BCUT2D eigenvalue weighted by atomic mass is 10.2. The Morgan fingerprint density at radius 2 is 1.94 bits per heavy atom. The van der Waals surface area contributed by atoms with Crippen LogP contribution in [0.1, 0.15) is 18.2 Å². The molecule has 0 unspecified atom stereocenters. The Bertz CT molecular complexity index is 578. The molecule has 0 spiro atoms. The van der Waals surface area contributed by atoms with Crippen LogP contribution in [0.2, 0.25) is 0 Å². The minimum atomic E-state index is 0.494. The van der Waals surface area contributed by atoms with Gasteiger partial charge in [0.15, 0.2) is 0 Å². The maximum absolute atomic E-state index is 7.69. The molecule has 1 aromatic carbocycles. The Labute approximate surface area is 99.2 Å². The zero-order valence-electron chi connectivity index (χ0n) is 9.24. The van der Waals surface area contributed by atoms with Gasteiger partial charge >= 0.3 is 0 Å². The lowest BCUT2D eigenvalue weighted by Crippen LogP contribution is -1.96. The van der Waals surface area contributed by atoms with E-state index in [-0.39, 0.29) is 0 Å². The molecular weight excluding hydrogens is 218 g/mol. The van der Waals surface area contributed by atoms with E-state index in [1.54, 1.807) is 6.92 Å². The number of aryl methyl sites for hydroxylation is 1. The Kier molecular flexibility index (Phi) is 2.75. The fourth-order valence-corrected chi connectivity index (χ4v) is 2.20. The molecule has 1 heterocycles. The average Bonchev–Trinajstić information content (AvgIpc) is 2.55. The molecule has 0 saturated heterocycles. The summed E-state index contributed by atoms with van der Waals surface area (Å²) in [5, 5.41) is 10.9. The molecule has 16 heavy (non-hydrogen) atoms. The molecule has 0 atom stereocenters. The number of nitrogens with zero attached hydrogens (tertiary/aromatic N) is 1. The van der Waals surface area contributed by atoms with Gasteiger partial charge in [0, 0.05) is 11.4 Å². The van der Waals surface area contributed by atoms with Gasteiger partial charge in [0.2, 0.25) is 0 Å². The molecule has 1 aromatic heterocycles. The first-order valence-electron chi connectivity index (χ1n) is 5.04. The molecule has 4 heteroatoms. The third kappa shape index (κ3) is 1.72. The summed E-state index contributed by atoms with van der Waals surface area (Å²) in [4.78, 5) is 0. The number of rotatable bonds is 2. The molecule has 0 amide bonds. The molecule has 2 aromatic rings. The first-order valence-corrected chi connectivity index (χ1v) is 5.44. The molecule has 0 aliphatic carbocycles. The van der Waals surface area contributed by atoms with Gasteiger partial charge in [-0.15, -0.1) is 0 Å². The number of nitrogens with one attached hydrogen (secondary N) is 2. The predicted octanol–water partition coefficient (Wildman–Crippen LogP) is 3.23. The lowest BCUT2D eigenvalue weighted by molar-refractivity contribution is 0.853. The SMILES string of the molecule is CC(=N)c1c(C)[nH]n(-c2ccccc2)c1=S. The topological polar surface area (TPSA) is 44.6 Å². The van der Waals surface area contributed by atoms with Gasteiger partial charge in [0.1, 0.15) is 4.64 Å². The average molecular weight is 231 g/mol. The van der Waals surface area contributed by atoms with Crippen molar-refractivity contribution in [3.05, 3.63) is 46.2 Å². The van der Waals surface area contributed by atoms with E-state index in [1.165, 1.54) is 0 Å². The molecule has 0 radical (unpaired) electrons. The highest BCUT2D eigenvalue weighted by atomic mass is 32.1. The number of benzene rings is 1. The molecule has 0 saturated carbocycles. The van der Waals surface area contributed by atoms with Crippen LogP contribution in [0.5, 0.6) is 0 Å². The van der Waals surface area contributed by atoms with Crippen LogP contribution in [0, 0.1) is 17.0 Å². The van der Waals surface area contributed by atoms with Crippen LogP contribution in [-0.2, 0) is 0 Å². The number of hydrogen-bond donors (Lipinski definition) is 2. The summed E-state index contributed by atoms with van der Waals surface area (Å²) in [7, 11) is 0. The van der Waals surface area contributed by atoms with Crippen LogP contribution in [0.4, 0.5) is 0 Å². The minimum Gasteiger partial charge on any atom is -0.305 e. The van der Waals surface area contributed by atoms with Gasteiger partial charge in [-0.05, 0) is 26.0 Å². The van der Waals surface area contributed by atoms with Gasteiger partial charge in [-0.2, -0.15) is 0 Å². The Morgan fingerprint density at radius 3 is 2.44 bits per heavy atom. The summed E-state index contributed by atoms with van der Waals surface area (Å²) in [5.41, 5.74) is 3.23. The molecule has 2 rings (SSSR count). The second-order valence-electron chi connectivity index (χ2n) is 3.71. The number of aromatic amines is 1. The normalized spacial score (nSPS) is 10.4. The van der Waals surface area contributed by atoms with Crippen molar-refractivity contribution in [1.82, 2.24) is 9.78 Å². The van der Waals surface area contributed by atoms with Crippen molar-refractivity contribution in [2.75, 3.05) is 0 Å². The van der Waals surface area contributed by atoms with Crippen molar-refractivity contribution in [2.45, 2.75) is 13.8 Å². The Hall–Kier alpha value is -1.68. The number of aromatic nitrogens is 2. The quantitative estimate of drug-likeness (QED) is 0.605. The zero-order valence-corrected chi connectivity index (χ0v) is 10.1. The predicted molar refractivity (Wildman–Crippen MR) is 68.2 cm³/mol. The van der Waals surface area contributed by atoms with Crippen LogP contribution in [0.25, 0.3) is 5.69 Å². The van der Waals surface area contributed by atoms with Crippen molar-refractivity contribution in [3.8, 4) is 5.69 Å². The van der Waals surface area contributed by atoms with Crippen LogP contribution < -0.4 is 0 Å². The van der Waals surface area contributed by atoms with Crippen molar-refractivity contribution >= 4 is 17.9 Å². The van der Waals surface area contributed by atoms with Crippen LogP contribution in [0.3, 0.4) is 0 Å². The van der Waals surface area contributed by atoms with Gasteiger partial charge < -0.3 is 5.41 Å². The summed E-state index contributed by atoms with van der Waals surface area (Å²) in [6.45, 7) is 3.68. The number of H-pyrrole nitrogens is 1.